The van der Waals surface area contributed by atoms with Crippen molar-refractivity contribution >= 4 is 10.4 Å². The second kappa shape index (κ2) is 23.3. The van der Waals surface area contributed by atoms with Crippen molar-refractivity contribution in [2.24, 2.45) is 0 Å². The molecule has 0 saturated heterocycles. The van der Waals surface area contributed by atoms with Gasteiger partial charge in [0.05, 0.1) is 27.7 Å². The summed E-state index contributed by atoms with van der Waals surface area (Å²) in [6.45, 7) is 2.24. The summed E-state index contributed by atoms with van der Waals surface area (Å²) in [5.74, 6) is 0. The zero-order valence-electron chi connectivity index (χ0n) is 15.7. The molecule has 23 heavy (non-hydrogen) atoms. The van der Waals surface area contributed by atoms with Gasteiger partial charge in [0.25, 0.3) is 0 Å². The molecule has 0 radical (unpaired) electrons. The van der Waals surface area contributed by atoms with E-state index in [1.807, 2.05) is 0 Å². The second-order valence-electron chi connectivity index (χ2n) is 5.91. The second-order valence-corrected chi connectivity index (χ2v) is 6.96. The Kier molecular flexibility index (Phi) is 32.5. The summed E-state index contributed by atoms with van der Waals surface area (Å²) < 4.78 is 34.5. The molecule has 0 saturated carbocycles. The molecule has 8 heteroatoms. The van der Waals surface area contributed by atoms with E-state index in [9.17, 15) is 13.0 Å². The molecule has 0 rings (SSSR count). The van der Waals surface area contributed by atoms with E-state index in [1.165, 1.54) is 49.8 Å². The van der Waals surface area contributed by atoms with Crippen molar-refractivity contribution in [2.45, 2.75) is 71.1 Å². The summed E-state index contributed by atoms with van der Waals surface area (Å²) >= 11 is 0. The van der Waals surface area contributed by atoms with Crippen molar-refractivity contribution in [3.05, 3.63) is 0 Å². The molecular formula is C15H35BrNNaO4S. The molecule has 0 aromatic heterocycles. The van der Waals surface area contributed by atoms with E-state index in [0.717, 1.165) is 12.8 Å². The van der Waals surface area contributed by atoms with Crippen LogP contribution in [0.2, 0.25) is 0 Å². The maximum Gasteiger partial charge on any atom is 1.00 e. The molecule has 0 bridgehead atoms. The summed E-state index contributed by atoms with van der Waals surface area (Å²) in [5.41, 5.74) is 0. The van der Waals surface area contributed by atoms with Crippen LogP contribution in [0, 0.1) is 0 Å². The summed E-state index contributed by atoms with van der Waals surface area (Å²) in [6.07, 6.45) is 11.7. The number of nitrogens with one attached hydrogen (secondary N) is 1. The first-order valence-corrected chi connectivity index (χ1v) is 9.50. The predicted molar refractivity (Wildman–Crippen MR) is 86.2 cm³/mol. The summed E-state index contributed by atoms with van der Waals surface area (Å²) in [4.78, 5) is 1.42. The molecular weight excluding hydrogens is 393 g/mol. The minimum absolute atomic E-state index is 0. The van der Waals surface area contributed by atoms with Gasteiger partial charge in [-0.05, 0) is 6.42 Å². The monoisotopic (exact) mass is 427 g/mol. The van der Waals surface area contributed by atoms with Crippen LogP contribution in [0.4, 0.5) is 0 Å². The third kappa shape index (κ3) is 45.2. The van der Waals surface area contributed by atoms with Gasteiger partial charge in [-0.1, -0.05) is 64.7 Å². The average Bonchev–Trinajstić information content (AvgIpc) is 2.34. The topological polar surface area (TPSA) is 70.9 Å². The van der Waals surface area contributed by atoms with Crippen LogP contribution in [0.5, 0.6) is 0 Å². The molecule has 0 amide bonds. The fraction of sp³-hybridized carbons (Fsp3) is 1.00. The van der Waals surface area contributed by atoms with Gasteiger partial charge >= 0.3 is 29.6 Å². The van der Waals surface area contributed by atoms with E-state index in [1.54, 1.807) is 0 Å². The maximum absolute atomic E-state index is 10.1. The zero-order valence-corrected chi connectivity index (χ0v) is 20.1. The van der Waals surface area contributed by atoms with Crippen LogP contribution >= 0.6 is 0 Å². The molecule has 0 spiro atoms. The summed E-state index contributed by atoms with van der Waals surface area (Å²) in [5, 5.41) is 0. The van der Waals surface area contributed by atoms with E-state index in [4.69, 9.17) is 0 Å². The summed E-state index contributed by atoms with van der Waals surface area (Å²) in [6, 6.07) is 0. The van der Waals surface area contributed by atoms with Gasteiger partial charge in [0.2, 0.25) is 10.4 Å². The fourth-order valence-electron chi connectivity index (χ4n) is 1.75. The Morgan fingerprint density at radius 1 is 0.826 bits per heavy atom. The normalized spacial score (nSPS) is 10.3. The van der Waals surface area contributed by atoms with Crippen molar-refractivity contribution in [1.82, 2.24) is 0 Å². The quantitative estimate of drug-likeness (QED) is 0.150. The molecule has 0 aromatic carbocycles. The van der Waals surface area contributed by atoms with Crippen LogP contribution in [0.1, 0.15) is 71.1 Å². The fourth-order valence-corrected chi connectivity index (χ4v) is 2.07. The van der Waals surface area contributed by atoms with Crippen molar-refractivity contribution < 1.29 is 68.6 Å². The minimum Gasteiger partial charge on any atom is -1.00 e. The van der Waals surface area contributed by atoms with Crippen LogP contribution in [0.3, 0.4) is 0 Å². The number of rotatable bonds is 12. The van der Waals surface area contributed by atoms with E-state index in [2.05, 4.69) is 32.2 Å². The minimum atomic E-state index is -4.48. The first kappa shape index (κ1) is 32.0. The Labute approximate surface area is 176 Å². The standard InChI is InChI=1S/C12H26O4S.C3H9N.BrH.Na/c1-2-3-4-5-6-7-8-9-10-11-12-16-17(13,14)15;1-4(2)3;;/h2-12H2,1H3,(H,13,14,15);1-3H3;1H;/q;;;+1/p-1. The summed E-state index contributed by atoms with van der Waals surface area (Å²) in [7, 11) is 1.77. The Hall–Kier alpha value is 1.31. The maximum atomic E-state index is 10.1. The molecule has 0 atom stereocenters. The molecule has 0 aromatic rings. The SMILES string of the molecule is CCCCCCCCCCCCOS(=O)(=O)[O-].C[NH+](C)C.[Br-].[Na+]. The first-order valence-electron chi connectivity index (χ1n) is 8.16. The van der Waals surface area contributed by atoms with Gasteiger partial charge < -0.3 is 26.4 Å². The largest absolute Gasteiger partial charge is 1.00 e. The van der Waals surface area contributed by atoms with Gasteiger partial charge in [-0.2, -0.15) is 0 Å². The van der Waals surface area contributed by atoms with E-state index in [-0.39, 0.29) is 53.1 Å². The number of hydrogen-bond acceptors (Lipinski definition) is 4. The van der Waals surface area contributed by atoms with Gasteiger partial charge in [0.15, 0.2) is 0 Å². The molecule has 5 nitrogen and oxygen atoms in total. The Bertz CT molecular complexity index is 301. The van der Waals surface area contributed by atoms with Crippen molar-refractivity contribution in [3.63, 3.8) is 0 Å². The van der Waals surface area contributed by atoms with Crippen molar-refractivity contribution in [2.75, 3.05) is 27.7 Å². The molecule has 0 aliphatic rings. The Morgan fingerprint density at radius 3 is 1.43 bits per heavy atom. The van der Waals surface area contributed by atoms with Gasteiger partial charge in [0, 0.05) is 0 Å². The van der Waals surface area contributed by atoms with Crippen molar-refractivity contribution in [1.29, 1.82) is 0 Å². The predicted octanol–water partition coefficient (Wildman–Crippen LogP) is -3.85. The van der Waals surface area contributed by atoms with Crippen molar-refractivity contribution in [3.8, 4) is 0 Å². The van der Waals surface area contributed by atoms with E-state index >= 15 is 0 Å². The first-order chi connectivity index (χ1) is 9.79. The number of halogens is 1. The smallest absolute Gasteiger partial charge is 1.00 e. The molecule has 0 aliphatic carbocycles. The molecule has 0 heterocycles. The third-order valence-corrected chi connectivity index (χ3v) is 3.18. The van der Waals surface area contributed by atoms with E-state index < -0.39 is 10.4 Å². The number of unbranched alkanes of at least 4 members (excludes halogenated alkanes) is 9. The third-order valence-electron chi connectivity index (χ3n) is 2.73. The molecule has 0 fully saturated rings. The van der Waals surface area contributed by atoms with Crippen LogP contribution in [0.15, 0.2) is 0 Å². The molecule has 1 N–H and O–H groups in total. The van der Waals surface area contributed by atoms with Gasteiger partial charge in [0.1, 0.15) is 0 Å². The van der Waals surface area contributed by atoms with Crippen LogP contribution < -0.4 is 51.4 Å². The number of hydrogen-bond donors (Lipinski definition) is 1. The molecule has 138 valence electrons. The van der Waals surface area contributed by atoms with Gasteiger partial charge in [-0.25, -0.2) is 8.42 Å². The van der Waals surface area contributed by atoms with Gasteiger partial charge in [-0.3, -0.25) is 4.18 Å². The zero-order chi connectivity index (χ0) is 16.6. The van der Waals surface area contributed by atoms with Crippen LogP contribution in [0.25, 0.3) is 0 Å². The van der Waals surface area contributed by atoms with Gasteiger partial charge in [-0.15, -0.1) is 0 Å². The molecule has 0 aliphatic heterocycles. The molecule has 0 unspecified atom stereocenters. The Balaban J connectivity index is -0.000000268. The number of quaternary nitrogens is 1. The van der Waals surface area contributed by atoms with E-state index in [0.29, 0.717) is 6.42 Å². The average molecular weight is 428 g/mol. The van der Waals surface area contributed by atoms with Crippen LogP contribution in [-0.4, -0.2) is 40.7 Å². The Morgan fingerprint density at radius 2 is 1.13 bits per heavy atom. The van der Waals surface area contributed by atoms with Crippen LogP contribution in [-0.2, 0) is 14.6 Å².